The van der Waals surface area contributed by atoms with E-state index in [2.05, 4.69) is 35.6 Å². The zero-order chi connectivity index (χ0) is 11.6. The summed E-state index contributed by atoms with van der Waals surface area (Å²) in [5, 5.41) is 3.68. The van der Waals surface area contributed by atoms with Crippen molar-refractivity contribution in [2.45, 2.75) is 58.0 Å². The molecular weight excluding hydrogens is 198 g/mol. The van der Waals surface area contributed by atoms with Crippen molar-refractivity contribution in [3.05, 3.63) is 18.2 Å². The predicted octanol–water partition coefficient (Wildman–Crippen LogP) is 2.54. The van der Waals surface area contributed by atoms with Crippen LogP contribution in [0.3, 0.4) is 0 Å². The van der Waals surface area contributed by atoms with Gasteiger partial charge in [0.1, 0.15) is 0 Å². The molecule has 0 spiro atoms. The molecule has 1 N–H and O–H groups in total. The summed E-state index contributed by atoms with van der Waals surface area (Å²) in [6.07, 6.45) is 8.91. The molecule has 3 heteroatoms. The van der Waals surface area contributed by atoms with Crippen LogP contribution in [0, 0.1) is 0 Å². The molecule has 0 bridgehead atoms. The second-order valence-electron chi connectivity index (χ2n) is 5.23. The van der Waals surface area contributed by atoms with Crippen LogP contribution < -0.4 is 5.32 Å². The van der Waals surface area contributed by atoms with E-state index in [1.54, 1.807) is 0 Å². The highest BCUT2D eigenvalue weighted by Gasteiger charge is 2.32. The molecule has 0 saturated carbocycles. The third-order valence-electron chi connectivity index (χ3n) is 3.83. The largest absolute Gasteiger partial charge is 0.332 e. The Morgan fingerprint density at radius 3 is 2.94 bits per heavy atom. The first-order valence-electron chi connectivity index (χ1n) is 6.42. The van der Waals surface area contributed by atoms with Gasteiger partial charge >= 0.3 is 0 Å². The molecule has 3 nitrogen and oxygen atoms in total. The minimum atomic E-state index is 0.326. The highest BCUT2D eigenvalue weighted by atomic mass is 15.1. The van der Waals surface area contributed by atoms with Crippen molar-refractivity contribution in [3.8, 4) is 0 Å². The van der Waals surface area contributed by atoms with E-state index in [4.69, 9.17) is 0 Å². The lowest BCUT2D eigenvalue weighted by Gasteiger charge is -2.29. The van der Waals surface area contributed by atoms with Gasteiger partial charge in [0, 0.05) is 29.9 Å². The molecular formula is C13H23N3. The molecule has 1 atom stereocenters. The van der Waals surface area contributed by atoms with Crippen molar-refractivity contribution in [2.24, 2.45) is 0 Å². The van der Waals surface area contributed by atoms with E-state index in [9.17, 15) is 0 Å². The van der Waals surface area contributed by atoms with Gasteiger partial charge in [0.15, 0.2) is 0 Å². The van der Waals surface area contributed by atoms with Crippen LogP contribution in [-0.4, -0.2) is 21.6 Å². The Bertz CT molecular complexity index is 335. The third kappa shape index (κ3) is 2.14. The molecule has 1 aromatic heterocycles. The maximum Gasteiger partial charge on any atom is 0.0950 e. The van der Waals surface area contributed by atoms with Crippen molar-refractivity contribution in [1.29, 1.82) is 0 Å². The Morgan fingerprint density at radius 2 is 2.38 bits per heavy atom. The van der Waals surface area contributed by atoms with E-state index in [-0.39, 0.29) is 0 Å². The summed E-state index contributed by atoms with van der Waals surface area (Å²) in [4.78, 5) is 4.29. The molecule has 1 unspecified atom stereocenters. The molecule has 0 aliphatic carbocycles. The second-order valence-corrected chi connectivity index (χ2v) is 5.23. The molecule has 1 aliphatic rings. The fourth-order valence-electron chi connectivity index (χ4n) is 2.73. The summed E-state index contributed by atoms with van der Waals surface area (Å²) < 4.78 is 2.29. The number of rotatable bonds is 4. The van der Waals surface area contributed by atoms with E-state index in [0.717, 1.165) is 6.42 Å². The van der Waals surface area contributed by atoms with Gasteiger partial charge in [0.2, 0.25) is 0 Å². The minimum Gasteiger partial charge on any atom is -0.332 e. The molecule has 1 saturated heterocycles. The van der Waals surface area contributed by atoms with Gasteiger partial charge in [-0.3, -0.25) is 0 Å². The van der Waals surface area contributed by atoms with Gasteiger partial charge in [-0.15, -0.1) is 0 Å². The van der Waals surface area contributed by atoms with E-state index < -0.39 is 0 Å². The van der Waals surface area contributed by atoms with Crippen LogP contribution in [0.4, 0.5) is 0 Å². The van der Waals surface area contributed by atoms with E-state index in [1.807, 2.05) is 12.5 Å². The van der Waals surface area contributed by atoms with Crippen LogP contribution >= 0.6 is 0 Å². The average molecular weight is 221 g/mol. The summed E-state index contributed by atoms with van der Waals surface area (Å²) >= 11 is 0. The SMILES string of the molecule is CCC1(Cc2cncn2C(C)C)CCCN1. The standard InChI is InChI=1S/C13H23N3/c1-4-13(6-5-7-15-13)8-12-9-14-10-16(12)11(2)3/h9-11,15H,4-8H2,1-3H3. The average Bonchev–Trinajstić information content (AvgIpc) is 2.88. The van der Waals surface area contributed by atoms with Gasteiger partial charge in [-0.1, -0.05) is 6.92 Å². The minimum absolute atomic E-state index is 0.326. The Labute approximate surface area is 98.3 Å². The van der Waals surface area contributed by atoms with Gasteiger partial charge in [0.25, 0.3) is 0 Å². The van der Waals surface area contributed by atoms with Gasteiger partial charge in [-0.25, -0.2) is 4.98 Å². The quantitative estimate of drug-likeness (QED) is 0.846. The van der Waals surface area contributed by atoms with Crippen LogP contribution in [0.25, 0.3) is 0 Å². The summed E-state index contributed by atoms with van der Waals surface area (Å²) in [7, 11) is 0. The van der Waals surface area contributed by atoms with Crippen LogP contribution in [0.5, 0.6) is 0 Å². The number of aromatic nitrogens is 2. The van der Waals surface area contributed by atoms with Crippen molar-refractivity contribution in [3.63, 3.8) is 0 Å². The summed E-state index contributed by atoms with van der Waals surface area (Å²) in [5.74, 6) is 0. The topological polar surface area (TPSA) is 29.9 Å². The maximum atomic E-state index is 4.29. The fraction of sp³-hybridized carbons (Fsp3) is 0.769. The zero-order valence-electron chi connectivity index (χ0n) is 10.7. The first-order valence-corrected chi connectivity index (χ1v) is 6.42. The number of nitrogens with zero attached hydrogens (tertiary/aromatic N) is 2. The van der Waals surface area contributed by atoms with E-state index >= 15 is 0 Å². The monoisotopic (exact) mass is 221 g/mol. The molecule has 0 radical (unpaired) electrons. The number of hydrogen-bond acceptors (Lipinski definition) is 2. The van der Waals surface area contributed by atoms with Gasteiger partial charge in [-0.2, -0.15) is 0 Å². The Balaban J connectivity index is 2.16. The van der Waals surface area contributed by atoms with Gasteiger partial charge < -0.3 is 9.88 Å². The van der Waals surface area contributed by atoms with Gasteiger partial charge in [0.05, 0.1) is 6.33 Å². The van der Waals surface area contributed by atoms with Crippen LogP contribution in [-0.2, 0) is 6.42 Å². The predicted molar refractivity (Wildman–Crippen MR) is 66.6 cm³/mol. The first kappa shape index (κ1) is 11.6. The van der Waals surface area contributed by atoms with Crippen molar-refractivity contribution < 1.29 is 0 Å². The van der Waals surface area contributed by atoms with Crippen LogP contribution in [0.15, 0.2) is 12.5 Å². The normalized spacial score (nSPS) is 25.5. The third-order valence-corrected chi connectivity index (χ3v) is 3.83. The molecule has 1 fully saturated rings. The van der Waals surface area contributed by atoms with Crippen molar-refractivity contribution in [1.82, 2.24) is 14.9 Å². The smallest absolute Gasteiger partial charge is 0.0950 e. The van der Waals surface area contributed by atoms with Gasteiger partial charge in [-0.05, 0) is 39.7 Å². The summed E-state index contributed by atoms with van der Waals surface area (Å²) in [6.45, 7) is 7.88. The van der Waals surface area contributed by atoms with Crippen molar-refractivity contribution in [2.75, 3.05) is 6.54 Å². The molecule has 2 heterocycles. The Kier molecular flexibility index (Phi) is 3.33. The molecule has 1 aromatic rings. The van der Waals surface area contributed by atoms with Crippen LogP contribution in [0.2, 0.25) is 0 Å². The first-order chi connectivity index (χ1) is 7.67. The molecule has 2 rings (SSSR count). The highest BCUT2D eigenvalue weighted by molar-refractivity contribution is 5.08. The number of hydrogen-bond donors (Lipinski definition) is 1. The lowest BCUT2D eigenvalue weighted by molar-refractivity contribution is 0.349. The van der Waals surface area contributed by atoms with Crippen molar-refractivity contribution >= 4 is 0 Å². The Morgan fingerprint density at radius 1 is 1.56 bits per heavy atom. The Hall–Kier alpha value is -0.830. The lowest BCUT2D eigenvalue weighted by Crippen LogP contribution is -2.41. The zero-order valence-corrected chi connectivity index (χ0v) is 10.7. The number of imidazole rings is 1. The molecule has 1 aliphatic heterocycles. The molecule has 16 heavy (non-hydrogen) atoms. The lowest BCUT2D eigenvalue weighted by atomic mass is 9.89. The van der Waals surface area contributed by atoms with E-state index in [0.29, 0.717) is 11.6 Å². The number of nitrogens with one attached hydrogen (secondary N) is 1. The van der Waals surface area contributed by atoms with E-state index in [1.165, 1.54) is 31.5 Å². The maximum absolute atomic E-state index is 4.29. The van der Waals surface area contributed by atoms with Crippen LogP contribution in [0.1, 0.15) is 51.8 Å². The summed E-state index contributed by atoms with van der Waals surface area (Å²) in [5.41, 5.74) is 1.69. The summed E-state index contributed by atoms with van der Waals surface area (Å²) in [6, 6.07) is 0.507. The second kappa shape index (κ2) is 4.58. The highest BCUT2D eigenvalue weighted by Crippen LogP contribution is 2.27. The molecule has 0 amide bonds. The molecule has 0 aromatic carbocycles. The molecule has 90 valence electrons. The fourth-order valence-corrected chi connectivity index (χ4v) is 2.73.